The van der Waals surface area contributed by atoms with Gasteiger partial charge in [-0.15, -0.1) is 11.3 Å². The summed E-state index contributed by atoms with van der Waals surface area (Å²) in [6, 6.07) is 10.8. The van der Waals surface area contributed by atoms with E-state index in [4.69, 9.17) is 33.0 Å². The number of likely N-dealkylation sites (tertiary alicyclic amines) is 1. The predicted octanol–water partition coefficient (Wildman–Crippen LogP) is 7.27. The fraction of sp³-hybridized carbons (Fsp3) is 0.395. The van der Waals surface area contributed by atoms with Crippen molar-refractivity contribution in [2.24, 2.45) is 36.1 Å². The fourth-order valence-electron chi connectivity index (χ4n) is 9.25. The van der Waals surface area contributed by atoms with Crippen molar-refractivity contribution < 1.29 is 29.0 Å². The van der Waals surface area contributed by atoms with Crippen molar-refractivity contribution in [3.05, 3.63) is 69.2 Å². The molecule has 8 rings (SSSR count). The molecule has 51 heavy (non-hydrogen) atoms. The van der Waals surface area contributed by atoms with Crippen LogP contribution in [0.1, 0.15) is 50.2 Å². The Bertz CT molecular complexity index is 2240. The molecule has 0 unspecified atom stereocenters. The molecule has 3 fully saturated rings. The van der Waals surface area contributed by atoms with Gasteiger partial charge < -0.3 is 9.84 Å². The number of rotatable bonds is 6. The summed E-state index contributed by atoms with van der Waals surface area (Å²) in [6.07, 6.45) is 3.20. The van der Waals surface area contributed by atoms with Gasteiger partial charge in [0.2, 0.25) is 23.6 Å². The molecule has 4 aliphatic rings. The highest BCUT2D eigenvalue weighted by atomic mass is 35.5. The first-order valence-corrected chi connectivity index (χ1v) is 18.6. The number of thiophene rings is 1. The molecule has 1 N–H and O–H groups in total. The molecular weight excluding hydrogens is 711 g/mol. The van der Waals surface area contributed by atoms with Gasteiger partial charge in [0.1, 0.15) is 11.5 Å². The molecule has 2 aromatic carbocycles. The zero-order valence-corrected chi connectivity index (χ0v) is 31.0. The van der Waals surface area contributed by atoms with Crippen molar-refractivity contribution in [1.29, 1.82) is 0 Å². The summed E-state index contributed by atoms with van der Waals surface area (Å²) in [5, 5.41) is 17.1. The maximum Gasteiger partial charge on any atom is 0.242 e. The zero-order valence-electron chi connectivity index (χ0n) is 28.7. The number of anilines is 1. The molecule has 2 saturated heterocycles. The second-order valence-corrected chi connectivity index (χ2v) is 16.1. The Hall–Kier alpha value is -4.19. The van der Waals surface area contributed by atoms with Gasteiger partial charge in [-0.2, -0.15) is 5.10 Å². The van der Waals surface area contributed by atoms with E-state index in [1.165, 1.54) is 16.9 Å². The highest BCUT2D eigenvalue weighted by molar-refractivity contribution is 7.22. The van der Waals surface area contributed by atoms with Gasteiger partial charge in [0.05, 0.1) is 40.2 Å². The lowest BCUT2D eigenvalue weighted by Crippen LogP contribution is -2.49. The van der Waals surface area contributed by atoms with Gasteiger partial charge in [-0.05, 0) is 85.9 Å². The van der Waals surface area contributed by atoms with E-state index in [2.05, 4.69) is 0 Å². The number of phenolic OH excluding ortho intramolecular Hbond substituents is 1. The van der Waals surface area contributed by atoms with Crippen LogP contribution in [0.5, 0.6) is 11.5 Å². The maximum atomic E-state index is 15.0. The first-order valence-electron chi connectivity index (χ1n) is 17.0. The number of hydrogen-bond acceptors (Lipinski definition) is 8. The Morgan fingerprint density at radius 1 is 1.06 bits per heavy atom. The summed E-state index contributed by atoms with van der Waals surface area (Å²) in [7, 11) is 3.13. The largest absolute Gasteiger partial charge is 0.503 e. The molecule has 13 heteroatoms. The van der Waals surface area contributed by atoms with Crippen molar-refractivity contribution >= 4 is 74.1 Å². The van der Waals surface area contributed by atoms with Crippen LogP contribution in [-0.4, -0.2) is 57.1 Å². The van der Waals surface area contributed by atoms with Gasteiger partial charge in [-0.1, -0.05) is 41.8 Å². The standard InChI is InChI=1S/C38H36Cl2N4O6S/c1-6-11-43-34(46)21-9-8-20-23(30(21)36(43)48)15-24-35(47)44(37(49)38(24,3)31(20)18-12-25(40)32(45)27(13-18)50-5)29-16-26(41-42(29)4)33-17(2)22-14-19(39)7-10-28(22)51-33/h7-8,10,12-14,16,21,23-24,30-31,45H,6,9,11,15H2,1-5H3/t21-,23+,24-,30-,31-,38+/m0/s1. The lowest BCUT2D eigenvalue weighted by molar-refractivity contribution is -0.140. The predicted molar refractivity (Wildman–Crippen MR) is 195 cm³/mol. The summed E-state index contributed by atoms with van der Waals surface area (Å²) in [5.41, 5.74) is 1.72. The van der Waals surface area contributed by atoms with Crippen molar-refractivity contribution in [3.8, 4) is 22.1 Å². The van der Waals surface area contributed by atoms with Gasteiger partial charge in [-0.3, -0.25) is 28.8 Å². The number of amides is 4. The second-order valence-electron chi connectivity index (χ2n) is 14.3. The third kappa shape index (κ3) is 4.70. The van der Waals surface area contributed by atoms with E-state index in [0.29, 0.717) is 41.5 Å². The van der Waals surface area contributed by atoms with Gasteiger partial charge >= 0.3 is 0 Å². The zero-order chi connectivity index (χ0) is 36.3. The van der Waals surface area contributed by atoms with E-state index in [1.807, 2.05) is 38.1 Å². The van der Waals surface area contributed by atoms with Gasteiger partial charge in [0.25, 0.3) is 0 Å². The number of fused-ring (bicyclic) bond motifs is 5. The monoisotopic (exact) mass is 746 g/mol. The summed E-state index contributed by atoms with van der Waals surface area (Å²) in [4.78, 5) is 60.8. The number of hydrogen-bond donors (Lipinski definition) is 1. The minimum Gasteiger partial charge on any atom is -0.503 e. The molecular formula is C38H36Cl2N4O6S. The quantitative estimate of drug-likeness (QED) is 0.163. The van der Waals surface area contributed by atoms with Crippen LogP contribution in [0.15, 0.2) is 48.0 Å². The Morgan fingerprint density at radius 3 is 2.55 bits per heavy atom. The number of imide groups is 2. The lowest BCUT2D eigenvalue weighted by Gasteiger charge is -2.49. The van der Waals surface area contributed by atoms with Gasteiger partial charge in [-0.25, -0.2) is 4.90 Å². The maximum absolute atomic E-state index is 15.0. The molecule has 2 aliphatic heterocycles. The molecule has 4 heterocycles. The topological polar surface area (TPSA) is 122 Å². The van der Waals surface area contributed by atoms with Crippen LogP contribution in [0.4, 0.5) is 5.82 Å². The smallest absolute Gasteiger partial charge is 0.242 e. The van der Waals surface area contributed by atoms with Crippen LogP contribution in [0, 0.1) is 36.0 Å². The number of methoxy groups -OCH3 is 1. The Morgan fingerprint density at radius 2 is 1.82 bits per heavy atom. The number of phenols is 1. The number of allylic oxidation sites excluding steroid dienone is 2. The second kappa shape index (κ2) is 11.9. The number of aryl methyl sites for hydroxylation is 2. The van der Waals surface area contributed by atoms with Crippen LogP contribution in [0.2, 0.25) is 10.0 Å². The molecule has 10 nitrogen and oxygen atoms in total. The summed E-state index contributed by atoms with van der Waals surface area (Å²) in [6.45, 7) is 6.07. The Labute approximate surface area is 308 Å². The van der Waals surface area contributed by atoms with E-state index < -0.39 is 40.9 Å². The van der Waals surface area contributed by atoms with Crippen LogP contribution >= 0.6 is 34.5 Å². The number of aromatic nitrogens is 2. The molecule has 264 valence electrons. The van der Waals surface area contributed by atoms with E-state index in [9.17, 15) is 19.5 Å². The third-order valence-electron chi connectivity index (χ3n) is 11.6. The van der Waals surface area contributed by atoms with Gasteiger partial charge in [0, 0.05) is 35.3 Å². The highest BCUT2D eigenvalue weighted by Gasteiger charge is 2.68. The molecule has 2 aromatic heterocycles. The van der Waals surface area contributed by atoms with E-state index >= 15 is 4.79 Å². The van der Waals surface area contributed by atoms with Crippen LogP contribution in [0.3, 0.4) is 0 Å². The summed E-state index contributed by atoms with van der Waals surface area (Å²) >= 11 is 14.4. The summed E-state index contributed by atoms with van der Waals surface area (Å²) < 4.78 is 8.08. The molecule has 1 saturated carbocycles. The number of aromatic hydroxyl groups is 1. The third-order valence-corrected chi connectivity index (χ3v) is 13.5. The van der Waals surface area contributed by atoms with E-state index in [-0.39, 0.29) is 40.7 Å². The molecule has 0 bridgehead atoms. The van der Waals surface area contributed by atoms with Crippen LogP contribution in [0.25, 0.3) is 20.7 Å². The molecule has 4 amide bonds. The van der Waals surface area contributed by atoms with Crippen LogP contribution in [-0.2, 0) is 26.2 Å². The number of carbonyl (C=O) groups excluding carboxylic acids is 4. The Balaban J connectivity index is 1.27. The van der Waals surface area contributed by atoms with Crippen molar-refractivity contribution in [1.82, 2.24) is 14.7 Å². The lowest BCUT2D eigenvalue weighted by atomic mass is 9.51. The molecule has 4 aromatic rings. The number of ether oxygens (including phenoxy) is 1. The van der Waals surface area contributed by atoms with Crippen molar-refractivity contribution in [2.75, 3.05) is 18.6 Å². The van der Waals surface area contributed by atoms with E-state index in [1.54, 1.807) is 48.2 Å². The van der Waals surface area contributed by atoms with Gasteiger partial charge in [0.15, 0.2) is 11.5 Å². The normalized spacial score (nSPS) is 27.3. The van der Waals surface area contributed by atoms with E-state index in [0.717, 1.165) is 26.1 Å². The summed E-state index contributed by atoms with van der Waals surface area (Å²) in [5.74, 6) is -4.14. The Kier molecular flexibility index (Phi) is 7.94. The highest BCUT2D eigenvalue weighted by Crippen LogP contribution is 2.64. The minimum absolute atomic E-state index is 0.0343. The number of nitrogens with zero attached hydrogens (tertiary/aromatic N) is 4. The molecule has 6 atom stereocenters. The van der Waals surface area contributed by atoms with Crippen LogP contribution < -0.4 is 9.64 Å². The fourth-order valence-corrected chi connectivity index (χ4v) is 10.8. The minimum atomic E-state index is -1.30. The van der Waals surface area contributed by atoms with Crippen molar-refractivity contribution in [2.45, 2.75) is 46.0 Å². The SMILES string of the molecule is CCCN1C(=O)[C@H]2[C@H](CC=C3[C@H]2C[C@H]2C(=O)N(c4cc(-c5sc6ccc(Cl)cc6c5C)nn4C)C(=O)[C@@]2(C)[C@H]3c2cc(Cl)c(O)c(OC)c2)C1=O. The first kappa shape index (κ1) is 33.9. The number of carbonyl (C=O) groups is 4. The number of benzene rings is 2. The average Bonchev–Trinajstić information content (AvgIpc) is 3.77. The molecule has 0 radical (unpaired) electrons. The van der Waals surface area contributed by atoms with Crippen molar-refractivity contribution in [3.63, 3.8) is 0 Å². The molecule has 0 spiro atoms. The molecule has 2 aliphatic carbocycles. The number of halogens is 2. The average molecular weight is 748 g/mol. The first-order chi connectivity index (χ1) is 24.3.